The maximum atomic E-state index is 12.5. The fraction of sp³-hybridized carbons (Fsp3) is 0.588. The van der Waals surface area contributed by atoms with Crippen molar-refractivity contribution in [2.75, 3.05) is 0 Å². The van der Waals surface area contributed by atoms with Crippen LogP contribution >= 0.6 is 0 Å². The molecular formula is C17H22O2. The predicted molar refractivity (Wildman–Crippen MR) is 75.8 cm³/mol. The molecule has 0 saturated carbocycles. The number of hydrogen-bond donors (Lipinski definition) is 0. The summed E-state index contributed by atoms with van der Waals surface area (Å²) in [5, 5.41) is 0. The highest BCUT2D eigenvalue weighted by Crippen LogP contribution is 2.40. The van der Waals surface area contributed by atoms with Gasteiger partial charge in [0.15, 0.2) is 5.78 Å². The molecule has 102 valence electrons. The first kappa shape index (κ1) is 12.7. The number of hydrogen-bond acceptors (Lipinski definition) is 2. The van der Waals surface area contributed by atoms with Gasteiger partial charge < -0.3 is 4.74 Å². The Hall–Kier alpha value is -1.31. The molecule has 1 aromatic carbocycles. The van der Waals surface area contributed by atoms with Crippen molar-refractivity contribution in [3.05, 3.63) is 28.8 Å². The van der Waals surface area contributed by atoms with E-state index in [0.29, 0.717) is 5.92 Å². The minimum absolute atomic E-state index is 0.0217. The molecule has 0 saturated heterocycles. The fourth-order valence-corrected chi connectivity index (χ4v) is 3.47. The third kappa shape index (κ3) is 1.98. The van der Waals surface area contributed by atoms with Crippen molar-refractivity contribution in [2.24, 2.45) is 11.8 Å². The van der Waals surface area contributed by atoms with Gasteiger partial charge in [-0.2, -0.15) is 0 Å². The number of carbonyl (C=O) groups is 1. The van der Waals surface area contributed by atoms with E-state index in [4.69, 9.17) is 4.74 Å². The summed E-state index contributed by atoms with van der Waals surface area (Å²) in [5.74, 6) is 1.49. The zero-order valence-electron chi connectivity index (χ0n) is 12.0. The van der Waals surface area contributed by atoms with Crippen LogP contribution in [0.5, 0.6) is 5.75 Å². The Kier molecular flexibility index (Phi) is 3.12. The first-order valence-electron chi connectivity index (χ1n) is 7.45. The minimum atomic E-state index is -0.0332. The van der Waals surface area contributed by atoms with Crippen LogP contribution in [0.25, 0.3) is 0 Å². The number of Topliss-reactive ketones (excluding diaryl/α,β-unsaturated/α-hetero) is 1. The van der Waals surface area contributed by atoms with Gasteiger partial charge in [0, 0.05) is 0 Å². The maximum absolute atomic E-state index is 12.5. The standard InChI is InChI=1S/C17H22O2/c1-10(2)16-11(3)15(18)14-9-8-12-6-4-5-7-13(12)17(14)19-16/h8-11,16H,4-7H2,1-3H3. The van der Waals surface area contributed by atoms with E-state index in [-0.39, 0.29) is 17.8 Å². The summed E-state index contributed by atoms with van der Waals surface area (Å²) in [4.78, 5) is 12.5. The van der Waals surface area contributed by atoms with Crippen LogP contribution in [0.3, 0.4) is 0 Å². The lowest BCUT2D eigenvalue weighted by Gasteiger charge is -2.35. The lowest BCUT2D eigenvalue weighted by atomic mass is 9.81. The molecule has 0 N–H and O–H groups in total. The topological polar surface area (TPSA) is 26.3 Å². The predicted octanol–water partition coefficient (Wildman–Crippen LogP) is 3.80. The molecule has 3 rings (SSSR count). The normalized spacial score (nSPS) is 25.8. The molecule has 2 unspecified atom stereocenters. The molecule has 0 aromatic heterocycles. The molecule has 0 radical (unpaired) electrons. The summed E-state index contributed by atoms with van der Waals surface area (Å²) in [6, 6.07) is 4.12. The van der Waals surface area contributed by atoms with Crippen molar-refractivity contribution in [1.82, 2.24) is 0 Å². The van der Waals surface area contributed by atoms with Gasteiger partial charge in [0.25, 0.3) is 0 Å². The van der Waals surface area contributed by atoms with Crippen LogP contribution < -0.4 is 4.74 Å². The van der Waals surface area contributed by atoms with Crippen molar-refractivity contribution in [3.8, 4) is 5.75 Å². The maximum Gasteiger partial charge on any atom is 0.173 e. The lowest BCUT2D eigenvalue weighted by Crippen LogP contribution is -2.40. The molecule has 0 spiro atoms. The second-order valence-electron chi connectivity index (χ2n) is 6.27. The van der Waals surface area contributed by atoms with Gasteiger partial charge in [-0.15, -0.1) is 0 Å². The second kappa shape index (κ2) is 4.66. The van der Waals surface area contributed by atoms with E-state index in [1.54, 1.807) is 0 Å². The molecule has 0 fully saturated rings. The molecule has 1 heterocycles. The van der Waals surface area contributed by atoms with Gasteiger partial charge in [-0.05, 0) is 48.8 Å². The SMILES string of the molecule is CC(C)C1Oc2c(ccc3c2CCCC3)C(=O)C1C. The monoisotopic (exact) mass is 258 g/mol. The number of ketones is 1. The smallest absolute Gasteiger partial charge is 0.173 e. The molecule has 2 atom stereocenters. The summed E-state index contributed by atoms with van der Waals surface area (Å²) in [5.41, 5.74) is 3.49. The van der Waals surface area contributed by atoms with E-state index in [2.05, 4.69) is 19.9 Å². The fourth-order valence-electron chi connectivity index (χ4n) is 3.47. The molecule has 2 heteroatoms. The van der Waals surface area contributed by atoms with Gasteiger partial charge in [0.05, 0.1) is 11.5 Å². The summed E-state index contributed by atoms with van der Waals surface area (Å²) < 4.78 is 6.25. The van der Waals surface area contributed by atoms with Gasteiger partial charge in [-0.1, -0.05) is 26.8 Å². The minimum Gasteiger partial charge on any atom is -0.488 e. The molecule has 0 amide bonds. The van der Waals surface area contributed by atoms with Crippen molar-refractivity contribution in [1.29, 1.82) is 0 Å². The van der Waals surface area contributed by atoms with E-state index < -0.39 is 0 Å². The lowest BCUT2D eigenvalue weighted by molar-refractivity contribution is 0.0552. The summed E-state index contributed by atoms with van der Waals surface area (Å²) >= 11 is 0. The van der Waals surface area contributed by atoms with Crippen LogP contribution in [0.1, 0.15) is 55.1 Å². The zero-order chi connectivity index (χ0) is 13.6. The van der Waals surface area contributed by atoms with Crippen molar-refractivity contribution in [3.63, 3.8) is 0 Å². The summed E-state index contributed by atoms with van der Waals surface area (Å²) in [6.45, 7) is 6.26. The quantitative estimate of drug-likeness (QED) is 0.766. The highest BCUT2D eigenvalue weighted by Gasteiger charge is 2.37. The van der Waals surface area contributed by atoms with E-state index in [9.17, 15) is 4.79 Å². The number of ether oxygens (including phenoxy) is 1. The van der Waals surface area contributed by atoms with E-state index in [0.717, 1.165) is 24.2 Å². The van der Waals surface area contributed by atoms with Crippen LogP contribution in [-0.4, -0.2) is 11.9 Å². The Morgan fingerprint density at radius 1 is 1.21 bits per heavy atom. The number of aryl methyl sites for hydroxylation is 1. The Morgan fingerprint density at radius 2 is 1.95 bits per heavy atom. The largest absolute Gasteiger partial charge is 0.488 e. The Labute approximate surface area is 115 Å². The number of carbonyl (C=O) groups excluding carboxylic acids is 1. The molecule has 1 aromatic rings. The van der Waals surface area contributed by atoms with Gasteiger partial charge >= 0.3 is 0 Å². The molecule has 2 nitrogen and oxygen atoms in total. The van der Waals surface area contributed by atoms with Crippen LogP contribution in [0.15, 0.2) is 12.1 Å². The molecule has 1 aliphatic heterocycles. The van der Waals surface area contributed by atoms with E-state index >= 15 is 0 Å². The van der Waals surface area contributed by atoms with Gasteiger partial charge in [0.2, 0.25) is 0 Å². The average molecular weight is 258 g/mol. The molecule has 0 bridgehead atoms. The molecule has 1 aliphatic carbocycles. The third-order valence-corrected chi connectivity index (χ3v) is 4.56. The first-order valence-corrected chi connectivity index (χ1v) is 7.45. The Bertz CT molecular complexity index is 516. The van der Waals surface area contributed by atoms with E-state index in [1.807, 2.05) is 13.0 Å². The van der Waals surface area contributed by atoms with Crippen LogP contribution in [0.2, 0.25) is 0 Å². The molecular weight excluding hydrogens is 236 g/mol. The van der Waals surface area contributed by atoms with Crippen LogP contribution in [0.4, 0.5) is 0 Å². The van der Waals surface area contributed by atoms with Crippen LogP contribution in [-0.2, 0) is 12.8 Å². The van der Waals surface area contributed by atoms with Gasteiger partial charge in [-0.3, -0.25) is 4.79 Å². The van der Waals surface area contributed by atoms with E-state index in [1.165, 1.54) is 24.0 Å². The summed E-state index contributed by atoms with van der Waals surface area (Å²) in [7, 11) is 0. The second-order valence-corrected chi connectivity index (χ2v) is 6.27. The van der Waals surface area contributed by atoms with Crippen molar-refractivity contribution < 1.29 is 9.53 Å². The summed E-state index contributed by atoms with van der Waals surface area (Å²) in [6.07, 6.45) is 4.67. The number of rotatable bonds is 1. The Balaban J connectivity index is 2.10. The van der Waals surface area contributed by atoms with Crippen molar-refractivity contribution >= 4 is 5.78 Å². The highest BCUT2D eigenvalue weighted by molar-refractivity contribution is 6.02. The Morgan fingerprint density at radius 3 is 2.68 bits per heavy atom. The number of benzene rings is 1. The number of fused-ring (bicyclic) bond motifs is 3. The van der Waals surface area contributed by atoms with Gasteiger partial charge in [0.1, 0.15) is 11.9 Å². The van der Waals surface area contributed by atoms with Crippen molar-refractivity contribution in [2.45, 2.75) is 52.6 Å². The van der Waals surface area contributed by atoms with Gasteiger partial charge in [-0.25, -0.2) is 0 Å². The highest BCUT2D eigenvalue weighted by atomic mass is 16.5. The molecule has 19 heavy (non-hydrogen) atoms. The zero-order valence-corrected chi connectivity index (χ0v) is 12.0. The third-order valence-electron chi connectivity index (χ3n) is 4.56. The first-order chi connectivity index (χ1) is 9.09. The van der Waals surface area contributed by atoms with Crippen LogP contribution in [0, 0.1) is 11.8 Å². The molecule has 2 aliphatic rings. The average Bonchev–Trinajstić information content (AvgIpc) is 2.42.